The standard InChI is InChI=1S/C7H5F2NO2/c8-6(9)4-1-2-5(7(11)12)10-3-4/h1-3,6H,(H,11,12). The molecule has 1 aromatic rings. The summed E-state index contributed by atoms with van der Waals surface area (Å²) in [6.45, 7) is 0. The van der Waals surface area contributed by atoms with Crippen LogP contribution in [0.15, 0.2) is 18.3 Å². The molecule has 0 atom stereocenters. The van der Waals surface area contributed by atoms with Gasteiger partial charge in [0.1, 0.15) is 5.69 Å². The van der Waals surface area contributed by atoms with Crippen molar-refractivity contribution < 1.29 is 18.7 Å². The molecule has 0 aliphatic heterocycles. The molecule has 0 aromatic carbocycles. The minimum Gasteiger partial charge on any atom is -0.477 e. The second kappa shape index (κ2) is 3.25. The molecule has 12 heavy (non-hydrogen) atoms. The summed E-state index contributed by atoms with van der Waals surface area (Å²) in [5.41, 5.74) is -0.514. The van der Waals surface area contributed by atoms with Crippen LogP contribution in [0.3, 0.4) is 0 Å². The van der Waals surface area contributed by atoms with Crippen LogP contribution in [0.4, 0.5) is 8.78 Å². The Hall–Kier alpha value is -1.52. The summed E-state index contributed by atoms with van der Waals surface area (Å²) in [6, 6.07) is 2.09. The molecular weight excluding hydrogens is 168 g/mol. The van der Waals surface area contributed by atoms with E-state index in [9.17, 15) is 13.6 Å². The maximum Gasteiger partial charge on any atom is 0.354 e. The van der Waals surface area contributed by atoms with Gasteiger partial charge in [-0.2, -0.15) is 0 Å². The van der Waals surface area contributed by atoms with Crippen LogP contribution in [0.2, 0.25) is 0 Å². The van der Waals surface area contributed by atoms with Gasteiger partial charge in [-0.05, 0) is 12.1 Å². The van der Waals surface area contributed by atoms with Gasteiger partial charge in [-0.1, -0.05) is 0 Å². The van der Waals surface area contributed by atoms with Gasteiger partial charge in [-0.3, -0.25) is 0 Å². The molecule has 0 aliphatic rings. The zero-order valence-electron chi connectivity index (χ0n) is 5.87. The fourth-order valence-corrected chi connectivity index (χ4v) is 0.661. The van der Waals surface area contributed by atoms with E-state index in [-0.39, 0.29) is 11.3 Å². The van der Waals surface area contributed by atoms with E-state index in [1.807, 2.05) is 0 Å². The highest BCUT2D eigenvalue weighted by Crippen LogP contribution is 2.16. The second-order valence-electron chi connectivity index (χ2n) is 2.08. The van der Waals surface area contributed by atoms with Crippen molar-refractivity contribution in [1.29, 1.82) is 0 Å². The molecular formula is C7H5F2NO2. The number of aromatic carboxylic acids is 1. The van der Waals surface area contributed by atoms with Crippen LogP contribution >= 0.6 is 0 Å². The van der Waals surface area contributed by atoms with Crippen molar-refractivity contribution in [2.24, 2.45) is 0 Å². The molecule has 0 fully saturated rings. The van der Waals surface area contributed by atoms with Crippen molar-refractivity contribution in [1.82, 2.24) is 4.98 Å². The van der Waals surface area contributed by atoms with E-state index in [4.69, 9.17) is 5.11 Å². The molecule has 0 bridgehead atoms. The number of hydrogen-bond donors (Lipinski definition) is 1. The first-order valence-corrected chi connectivity index (χ1v) is 3.08. The lowest BCUT2D eigenvalue weighted by Gasteiger charge is -1.97. The zero-order chi connectivity index (χ0) is 9.14. The fourth-order valence-electron chi connectivity index (χ4n) is 0.661. The Labute approximate surface area is 66.7 Å². The predicted octanol–water partition coefficient (Wildman–Crippen LogP) is 1.72. The maximum atomic E-state index is 11.9. The first-order chi connectivity index (χ1) is 5.61. The Bertz CT molecular complexity index is 284. The van der Waals surface area contributed by atoms with Crippen molar-refractivity contribution in [3.63, 3.8) is 0 Å². The third-order valence-electron chi connectivity index (χ3n) is 1.26. The van der Waals surface area contributed by atoms with E-state index in [2.05, 4.69) is 4.98 Å². The summed E-state index contributed by atoms with van der Waals surface area (Å²) in [6.07, 6.45) is -1.76. The minimum atomic E-state index is -2.61. The topological polar surface area (TPSA) is 50.2 Å². The van der Waals surface area contributed by atoms with Gasteiger partial charge < -0.3 is 5.11 Å². The number of carboxylic acids is 1. The SMILES string of the molecule is O=C(O)c1ccc(C(F)F)cn1. The first-order valence-electron chi connectivity index (χ1n) is 3.08. The normalized spacial score (nSPS) is 10.2. The number of carboxylic acid groups (broad SMARTS) is 1. The highest BCUT2D eigenvalue weighted by Gasteiger charge is 2.09. The molecule has 1 rings (SSSR count). The Morgan fingerprint density at radius 1 is 1.50 bits per heavy atom. The molecule has 0 radical (unpaired) electrons. The molecule has 0 spiro atoms. The molecule has 0 amide bonds. The Kier molecular flexibility index (Phi) is 2.32. The number of rotatable bonds is 2. The summed E-state index contributed by atoms with van der Waals surface area (Å²) >= 11 is 0. The number of carbonyl (C=O) groups is 1. The molecule has 64 valence electrons. The molecule has 3 nitrogen and oxygen atoms in total. The number of alkyl halides is 2. The lowest BCUT2D eigenvalue weighted by Crippen LogP contribution is -2.00. The van der Waals surface area contributed by atoms with Gasteiger partial charge >= 0.3 is 5.97 Å². The first kappa shape index (κ1) is 8.58. The minimum absolute atomic E-state index is 0.237. The Balaban J connectivity index is 2.93. The van der Waals surface area contributed by atoms with Crippen molar-refractivity contribution in [3.8, 4) is 0 Å². The third-order valence-corrected chi connectivity index (χ3v) is 1.26. The highest BCUT2D eigenvalue weighted by atomic mass is 19.3. The highest BCUT2D eigenvalue weighted by molar-refractivity contribution is 5.85. The number of hydrogen-bond acceptors (Lipinski definition) is 2. The van der Waals surface area contributed by atoms with E-state index < -0.39 is 12.4 Å². The Morgan fingerprint density at radius 2 is 2.17 bits per heavy atom. The molecule has 5 heteroatoms. The largest absolute Gasteiger partial charge is 0.477 e. The van der Waals surface area contributed by atoms with Crippen LogP contribution in [0, 0.1) is 0 Å². The number of aromatic nitrogens is 1. The third kappa shape index (κ3) is 1.75. The van der Waals surface area contributed by atoms with Crippen LogP contribution in [-0.4, -0.2) is 16.1 Å². The molecule has 0 saturated carbocycles. The molecule has 1 aromatic heterocycles. The van der Waals surface area contributed by atoms with Crippen molar-refractivity contribution in [2.45, 2.75) is 6.43 Å². The summed E-state index contributed by atoms with van der Waals surface area (Å²) in [5.74, 6) is -1.23. The summed E-state index contributed by atoms with van der Waals surface area (Å²) in [7, 11) is 0. The number of pyridine rings is 1. The van der Waals surface area contributed by atoms with Gasteiger partial charge in [0.2, 0.25) is 0 Å². The van der Waals surface area contributed by atoms with Gasteiger partial charge in [-0.15, -0.1) is 0 Å². The van der Waals surface area contributed by atoms with E-state index in [0.29, 0.717) is 0 Å². The predicted molar refractivity (Wildman–Crippen MR) is 36.2 cm³/mol. The van der Waals surface area contributed by atoms with Crippen molar-refractivity contribution >= 4 is 5.97 Å². The smallest absolute Gasteiger partial charge is 0.354 e. The van der Waals surface area contributed by atoms with Crippen molar-refractivity contribution in [2.75, 3.05) is 0 Å². The van der Waals surface area contributed by atoms with Gasteiger partial charge in [0.15, 0.2) is 0 Å². The summed E-state index contributed by atoms with van der Waals surface area (Å²) < 4.78 is 23.8. The molecule has 1 N–H and O–H groups in total. The van der Waals surface area contributed by atoms with Crippen LogP contribution in [0.5, 0.6) is 0 Å². The van der Waals surface area contributed by atoms with Crippen LogP contribution in [0.1, 0.15) is 22.5 Å². The van der Waals surface area contributed by atoms with E-state index in [1.54, 1.807) is 0 Å². The molecule has 0 aliphatic carbocycles. The second-order valence-corrected chi connectivity index (χ2v) is 2.08. The Morgan fingerprint density at radius 3 is 2.50 bits per heavy atom. The molecule has 0 saturated heterocycles. The van der Waals surface area contributed by atoms with Gasteiger partial charge in [0.05, 0.1) is 0 Å². The summed E-state index contributed by atoms with van der Waals surface area (Å²) in [4.78, 5) is 13.6. The average molecular weight is 173 g/mol. The monoisotopic (exact) mass is 173 g/mol. The van der Waals surface area contributed by atoms with Crippen molar-refractivity contribution in [3.05, 3.63) is 29.6 Å². The average Bonchev–Trinajstić information content (AvgIpc) is 2.04. The lowest BCUT2D eigenvalue weighted by atomic mass is 10.2. The number of nitrogens with zero attached hydrogens (tertiary/aromatic N) is 1. The van der Waals surface area contributed by atoms with Crippen LogP contribution < -0.4 is 0 Å². The maximum absolute atomic E-state index is 11.9. The van der Waals surface area contributed by atoms with Crippen LogP contribution in [0.25, 0.3) is 0 Å². The van der Waals surface area contributed by atoms with Gasteiger partial charge in [0, 0.05) is 11.8 Å². The molecule has 1 heterocycles. The van der Waals surface area contributed by atoms with E-state index >= 15 is 0 Å². The molecule has 0 unspecified atom stereocenters. The van der Waals surface area contributed by atoms with Gasteiger partial charge in [-0.25, -0.2) is 18.6 Å². The summed E-state index contributed by atoms with van der Waals surface area (Å²) in [5, 5.41) is 8.36. The lowest BCUT2D eigenvalue weighted by molar-refractivity contribution is 0.0690. The van der Waals surface area contributed by atoms with Crippen LogP contribution in [-0.2, 0) is 0 Å². The van der Waals surface area contributed by atoms with E-state index in [0.717, 1.165) is 18.3 Å². The zero-order valence-corrected chi connectivity index (χ0v) is 5.87. The fraction of sp³-hybridized carbons (Fsp3) is 0.143. The van der Waals surface area contributed by atoms with Gasteiger partial charge in [0.25, 0.3) is 6.43 Å². The quantitative estimate of drug-likeness (QED) is 0.740. The number of halogens is 2. The van der Waals surface area contributed by atoms with E-state index in [1.165, 1.54) is 0 Å².